The predicted octanol–water partition coefficient (Wildman–Crippen LogP) is 3.16. The number of carboxylic acids is 1. The van der Waals surface area contributed by atoms with E-state index < -0.39 is 5.97 Å². The molecule has 0 aromatic carbocycles. The van der Waals surface area contributed by atoms with Crippen LogP contribution in [-0.4, -0.2) is 28.6 Å². The van der Waals surface area contributed by atoms with Crippen LogP contribution in [0.3, 0.4) is 0 Å². The summed E-state index contributed by atoms with van der Waals surface area (Å²) in [5.74, 6) is 0.453. The van der Waals surface area contributed by atoms with Crippen LogP contribution in [0, 0.1) is 5.92 Å². The van der Waals surface area contributed by atoms with Gasteiger partial charge >= 0.3 is 5.97 Å². The molecule has 0 saturated carbocycles. The van der Waals surface area contributed by atoms with Crippen molar-refractivity contribution in [2.45, 2.75) is 45.7 Å². The number of carboxylic acid groups (broad SMARTS) is 1. The lowest BCUT2D eigenvalue weighted by Crippen LogP contribution is -2.42. The second-order valence-electron chi connectivity index (χ2n) is 5.41. The molecule has 1 aromatic rings. The summed E-state index contributed by atoms with van der Waals surface area (Å²) in [5, 5.41) is 8.88. The Balaban J connectivity index is 2.13. The molecule has 2 heterocycles. The summed E-state index contributed by atoms with van der Waals surface area (Å²) in [5.41, 5.74) is 0. The first kappa shape index (κ1) is 13.1. The fourth-order valence-electron chi connectivity index (χ4n) is 2.72. The number of hydrogen-bond donors (Lipinski definition) is 1. The number of nitrogens with zero attached hydrogens (tertiary/aromatic N) is 1. The highest BCUT2D eigenvalue weighted by atomic mass is 16.4. The van der Waals surface area contributed by atoms with Crippen molar-refractivity contribution in [1.29, 1.82) is 0 Å². The lowest BCUT2D eigenvalue weighted by molar-refractivity contribution is 0.0622. The summed E-state index contributed by atoms with van der Waals surface area (Å²) < 4.78 is 5.40. The van der Waals surface area contributed by atoms with Crippen LogP contribution in [-0.2, 0) is 0 Å². The first-order valence-corrected chi connectivity index (χ1v) is 6.57. The molecule has 4 nitrogen and oxygen atoms in total. The molecule has 0 aliphatic carbocycles. The Labute approximate surface area is 108 Å². The molecule has 1 aromatic heterocycles. The Morgan fingerprint density at radius 3 is 2.78 bits per heavy atom. The zero-order valence-corrected chi connectivity index (χ0v) is 11.2. The summed E-state index contributed by atoms with van der Waals surface area (Å²) in [6, 6.07) is 3.97. The minimum atomic E-state index is -1.01. The maximum absolute atomic E-state index is 10.8. The highest BCUT2D eigenvalue weighted by molar-refractivity contribution is 5.84. The van der Waals surface area contributed by atoms with Gasteiger partial charge in [-0.25, -0.2) is 4.79 Å². The van der Waals surface area contributed by atoms with Crippen LogP contribution >= 0.6 is 0 Å². The van der Waals surface area contributed by atoms with Gasteiger partial charge in [0.2, 0.25) is 5.76 Å². The number of furan rings is 1. The molecule has 3 unspecified atom stereocenters. The number of carbonyl (C=O) groups is 1. The summed E-state index contributed by atoms with van der Waals surface area (Å²) in [4.78, 5) is 13.2. The standard InChI is InChI=1S/C14H21NO3/c1-9-4-5-10(2)15(8-9)11(3)12-6-7-13(18-12)14(16)17/h6-7,9-11H,4-5,8H2,1-3H3,(H,16,17). The van der Waals surface area contributed by atoms with Crippen LogP contribution in [0.1, 0.15) is 56.0 Å². The van der Waals surface area contributed by atoms with Crippen LogP contribution < -0.4 is 0 Å². The quantitative estimate of drug-likeness (QED) is 0.896. The van der Waals surface area contributed by atoms with Gasteiger partial charge in [-0.1, -0.05) is 6.92 Å². The van der Waals surface area contributed by atoms with Crippen molar-refractivity contribution in [3.8, 4) is 0 Å². The van der Waals surface area contributed by atoms with E-state index in [4.69, 9.17) is 9.52 Å². The normalized spacial score (nSPS) is 27.1. The molecule has 0 bridgehead atoms. The summed E-state index contributed by atoms with van der Waals surface area (Å²) in [6.07, 6.45) is 2.46. The molecule has 4 heteroatoms. The van der Waals surface area contributed by atoms with Crippen molar-refractivity contribution in [2.75, 3.05) is 6.54 Å². The molecular weight excluding hydrogens is 230 g/mol. The van der Waals surface area contributed by atoms with Gasteiger partial charge in [0.05, 0.1) is 6.04 Å². The largest absolute Gasteiger partial charge is 0.475 e. The van der Waals surface area contributed by atoms with Gasteiger partial charge in [0.15, 0.2) is 0 Å². The highest BCUT2D eigenvalue weighted by Crippen LogP contribution is 2.31. The highest BCUT2D eigenvalue weighted by Gasteiger charge is 2.29. The lowest BCUT2D eigenvalue weighted by Gasteiger charge is -2.40. The zero-order valence-electron chi connectivity index (χ0n) is 11.2. The van der Waals surface area contributed by atoms with Crippen molar-refractivity contribution in [3.05, 3.63) is 23.7 Å². The van der Waals surface area contributed by atoms with Gasteiger partial charge in [0, 0.05) is 12.6 Å². The van der Waals surface area contributed by atoms with E-state index in [1.54, 1.807) is 6.07 Å². The van der Waals surface area contributed by atoms with E-state index in [-0.39, 0.29) is 11.8 Å². The van der Waals surface area contributed by atoms with Crippen molar-refractivity contribution in [2.24, 2.45) is 5.92 Å². The van der Waals surface area contributed by atoms with Crippen LogP contribution in [0.5, 0.6) is 0 Å². The SMILES string of the molecule is CC1CCC(C)N(C(C)c2ccc(C(=O)O)o2)C1. The Hall–Kier alpha value is -1.29. The first-order chi connectivity index (χ1) is 8.49. The molecule has 2 rings (SSSR count). The third kappa shape index (κ3) is 2.58. The Kier molecular flexibility index (Phi) is 3.76. The smallest absolute Gasteiger partial charge is 0.371 e. The molecule has 18 heavy (non-hydrogen) atoms. The zero-order chi connectivity index (χ0) is 13.3. The number of rotatable bonds is 3. The van der Waals surface area contributed by atoms with E-state index in [0.29, 0.717) is 12.0 Å². The fraction of sp³-hybridized carbons (Fsp3) is 0.643. The van der Waals surface area contributed by atoms with Crippen molar-refractivity contribution in [3.63, 3.8) is 0 Å². The topological polar surface area (TPSA) is 53.7 Å². The van der Waals surface area contributed by atoms with Gasteiger partial charge in [-0.3, -0.25) is 4.90 Å². The van der Waals surface area contributed by atoms with Crippen LogP contribution in [0.15, 0.2) is 16.5 Å². The number of hydrogen-bond acceptors (Lipinski definition) is 3. The van der Waals surface area contributed by atoms with Gasteiger partial charge in [-0.2, -0.15) is 0 Å². The molecule has 1 N–H and O–H groups in total. The second-order valence-corrected chi connectivity index (χ2v) is 5.41. The third-order valence-electron chi connectivity index (χ3n) is 3.91. The van der Waals surface area contributed by atoms with Crippen molar-refractivity contribution in [1.82, 2.24) is 4.90 Å². The lowest BCUT2D eigenvalue weighted by atomic mass is 9.93. The molecule has 100 valence electrons. The van der Waals surface area contributed by atoms with Crippen LogP contribution in [0.25, 0.3) is 0 Å². The number of likely N-dealkylation sites (tertiary alicyclic amines) is 1. The van der Waals surface area contributed by atoms with E-state index >= 15 is 0 Å². The average molecular weight is 251 g/mol. The Morgan fingerprint density at radius 2 is 2.17 bits per heavy atom. The van der Waals surface area contributed by atoms with E-state index in [1.807, 2.05) is 0 Å². The predicted molar refractivity (Wildman–Crippen MR) is 68.6 cm³/mol. The molecule has 3 atom stereocenters. The minimum Gasteiger partial charge on any atom is -0.475 e. The van der Waals surface area contributed by atoms with E-state index in [9.17, 15) is 4.79 Å². The number of aromatic carboxylic acids is 1. The molecule has 1 fully saturated rings. The maximum Gasteiger partial charge on any atom is 0.371 e. The maximum atomic E-state index is 10.8. The average Bonchev–Trinajstić information content (AvgIpc) is 2.81. The van der Waals surface area contributed by atoms with Crippen molar-refractivity contribution < 1.29 is 14.3 Å². The molecule has 0 spiro atoms. The van der Waals surface area contributed by atoms with E-state index in [2.05, 4.69) is 25.7 Å². The van der Waals surface area contributed by atoms with Gasteiger partial charge in [0.25, 0.3) is 0 Å². The molecule has 1 aliphatic rings. The third-order valence-corrected chi connectivity index (χ3v) is 3.91. The summed E-state index contributed by atoms with van der Waals surface area (Å²) >= 11 is 0. The molecule has 0 amide bonds. The molecule has 1 saturated heterocycles. The van der Waals surface area contributed by atoms with Gasteiger partial charge in [-0.05, 0) is 44.7 Å². The van der Waals surface area contributed by atoms with E-state index in [1.165, 1.54) is 18.9 Å². The van der Waals surface area contributed by atoms with Gasteiger partial charge < -0.3 is 9.52 Å². The Morgan fingerprint density at radius 1 is 1.44 bits per heavy atom. The van der Waals surface area contributed by atoms with Gasteiger partial charge in [0.1, 0.15) is 5.76 Å². The van der Waals surface area contributed by atoms with Crippen LogP contribution in [0.2, 0.25) is 0 Å². The molecular formula is C14H21NO3. The number of piperidine rings is 1. The monoisotopic (exact) mass is 251 g/mol. The first-order valence-electron chi connectivity index (χ1n) is 6.57. The second kappa shape index (κ2) is 5.14. The summed E-state index contributed by atoms with van der Waals surface area (Å²) in [6.45, 7) is 7.62. The van der Waals surface area contributed by atoms with E-state index in [0.717, 1.165) is 12.3 Å². The molecule has 1 aliphatic heterocycles. The fourth-order valence-corrected chi connectivity index (χ4v) is 2.72. The van der Waals surface area contributed by atoms with Crippen LogP contribution in [0.4, 0.5) is 0 Å². The van der Waals surface area contributed by atoms with Gasteiger partial charge in [-0.15, -0.1) is 0 Å². The minimum absolute atomic E-state index is 0.0227. The molecule has 0 radical (unpaired) electrons. The summed E-state index contributed by atoms with van der Waals surface area (Å²) in [7, 11) is 0. The Bertz CT molecular complexity index is 426. The van der Waals surface area contributed by atoms with Crippen molar-refractivity contribution >= 4 is 5.97 Å².